The zero-order valence-electron chi connectivity index (χ0n) is 12.2. The largest absolute Gasteiger partial charge is 0.325 e. The molecule has 2 amide bonds. The molecular formula is C12H24ClN3O3S. The van der Waals surface area contributed by atoms with Crippen LogP contribution in [0.25, 0.3) is 0 Å². The molecule has 0 aromatic rings. The Hall–Kier alpha value is -0.530. The lowest BCUT2D eigenvalue weighted by Gasteiger charge is -2.36. The second kappa shape index (κ2) is 8.05. The summed E-state index contributed by atoms with van der Waals surface area (Å²) in [6.45, 7) is 6.87. The predicted octanol–water partition coefficient (Wildman–Crippen LogP) is 1.02. The zero-order valence-corrected chi connectivity index (χ0v) is 13.8. The van der Waals surface area contributed by atoms with E-state index in [9.17, 15) is 13.2 Å². The Morgan fingerprint density at radius 1 is 1.15 bits per heavy atom. The number of sulfonamides is 1. The summed E-state index contributed by atoms with van der Waals surface area (Å²) in [4.78, 5) is 15.6. The van der Waals surface area contributed by atoms with Gasteiger partial charge in [-0.25, -0.2) is 13.2 Å². The molecule has 6 nitrogen and oxygen atoms in total. The molecule has 1 rings (SSSR count). The molecule has 1 heterocycles. The third-order valence-electron chi connectivity index (χ3n) is 3.47. The molecule has 0 unspecified atom stereocenters. The van der Waals surface area contributed by atoms with Crippen molar-refractivity contribution in [3.63, 3.8) is 0 Å². The van der Waals surface area contributed by atoms with Gasteiger partial charge in [0.05, 0.1) is 5.75 Å². The number of carbonyl (C=O) groups is 1. The number of halogens is 1. The molecule has 1 aliphatic heterocycles. The van der Waals surface area contributed by atoms with Gasteiger partial charge in [-0.05, 0) is 20.3 Å². The van der Waals surface area contributed by atoms with Gasteiger partial charge < -0.3 is 9.80 Å². The summed E-state index contributed by atoms with van der Waals surface area (Å²) in [7, 11) is -3.23. The highest BCUT2D eigenvalue weighted by atomic mass is 35.5. The second-order valence-electron chi connectivity index (χ2n) is 4.70. The molecule has 1 fully saturated rings. The van der Waals surface area contributed by atoms with E-state index in [0.29, 0.717) is 51.6 Å². The molecule has 1 saturated heterocycles. The summed E-state index contributed by atoms with van der Waals surface area (Å²) in [5.41, 5.74) is 0. The summed E-state index contributed by atoms with van der Waals surface area (Å²) in [6, 6.07) is -0.00666. The Labute approximate surface area is 126 Å². The Morgan fingerprint density at radius 2 is 1.70 bits per heavy atom. The first kappa shape index (κ1) is 17.5. The summed E-state index contributed by atoms with van der Waals surface area (Å²) in [6.07, 6.45) is 0.461. The van der Waals surface area contributed by atoms with Crippen LogP contribution in [0.2, 0.25) is 0 Å². The third kappa shape index (κ3) is 4.49. The van der Waals surface area contributed by atoms with Crippen molar-refractivity contribution in [3.05, 3.63) is 0 Å². The van der Waals surface area contributed by atoms with Crippen LogP contribution in [0.5, 0.6) is 0 Å². The lowest BCUT2D eigenvalue weighted by atomic mass is 10.4. The van der Waals surface area contributed by atoms with Crippen LogP contribution in [0.4, 0.5) is 4.79 Å². The van der Waals surface area contributed by atoms with Gasteiger partial charge in [-0.2, -0.15) is 4.31 Å². The maximum Gasteiger partial charge on any atom is 0.320 e. The number of nitrogens with zero attached hydrogens (tertiary/aromatic N) is 3. The summed E-state index contributed by atoms with van der Waals surface area (Å²) < 4.78 is 25.5. The quantitative estimate of drug-likeness (QED) is 0.685. The highest BCUT2D eigenvalue weighted by Gasteiger charge is 2.29. The molecule has 0 radical (unpaired) electrons. The molecule has 0 aromatic heterocycles. The monoisotopic (exact) mass is 325 g/mol. The lowest BCUT2D eigenvalue weighted by Crippen LogP contribution is -2.54. The zero-order chi connectivity index (χ0) is 15.2. The number of carbonyl (C=O) groups excluding carboxylic acids is 1. The molecule has 20 heavy (non-hydrogen) atoms. The van der Waals surface area contributed by atoms with E-state index in [4.69, 9.17) is 11.6 Å². The van der Waals surface area contributed by atoms with E-state index in [1.54, 1.807) is 9.80 Å². The van der Waals surface area contributed by atoms with Crippen molar-refractivity contribution < 1.29 is 13.2 Å². The Kier molecular flexibility index (Phi) is 7.05. The van der Waals surface area contributed by atoms with Gasteiger partial charge in [0.25, 0.3) is 0 Å². The first-order valence-electron chi connectivity index (χ1n) is 7.03. The average molecular weight is 326 g/mol. The summed E-state index contributed by atoms with van der Waals surface area (Å²) in [5, 5.41) is 0. The minimum Gasteiger partial charge on any atom is -0.325 e. The van der Waals surface area contributed by atoms with Gasteiger partial charge in [0, 0.05) is 45.1 Å². The van der Waals surface area contributed by atoms with Gasteiger partial charge in [0.1, 0.15) is 0 Å². The Morgan fingerprint density at radius 3 is 2.15 bits per heavy atom. The van der Waals surface area contributed by atoms with Gasteiger partial charge in [-0.15, -0.1) is 11.6 Å². The first-order valence-corrected chi connectivity index (χ1v) is 9.18. The van der Waals surface area contributed by atoms with Crippen molar-refractivity contribution in [2.24, 2.45) is 0 Å². The molecule has 118 valence electrons. The van der Waals surface area contributed by atoms with Crippen LogP contribution in [0.1, 0.15) is 20.3 Å². The van der Waals surface area contributed by atoms with Crippen molar-refractivity contribution in [1.82, 2.24) is 14.1 Å². The van der Waals surface area contributed by atoms with Crippen molar-refractivity contribution in [1.29, 1.82) is 0 Å². The van der Waals surface area contributed by atoms with Crippen molar-refractivity contribution in [3.8, 4) is 0 Å². The van der Waals surface area contributed by atoms with Gasteiger partial charge >= 0.3 is 6.03 Å². The van der Waals surface area contributed by atoms with Crippen LogP contribution >= 0.6 is 11.6 Å². The second-order valence-corrected chi connectivity index (χ2v) is 7.17. The molecule has 0 atom stereocenters. The SMILES string of the molecule is CCN(CC)C(=O)N1CCN(S(=O)(=O)CCCCl)CC1. The molecule has 0 N–H and O–H groups in total. The lowest BCUT2D eigenvalue weighted by molar-refractivity contribution is 0.138. The van der Waals surface area contributed by atoms with Gasteiger partial charge in [-0.1, -0.05) is 0 Å². The topological polar surface area (TPSA) is 60.9 Å². The van der Waals surface area contributed by atoms with Crippen molar-refractivity contribution in [2.45, 2.75) is 20.3 Å². The first-order chi connectivity index (χ1) is 9.46. The maximum atomic E-state index is 12.2. The smallest absolute Gasteiger partial charge is 0.320 e. The normalized spacial score (nSPS) is 17.2. The fourth-order valence-electron chi connectivity index (χ4n) is 2.22. The molecule has 8 heteroatoms. The van der Waals surface area contributed by atoms with Gasteiger partial charge in [-0.3, -0.25) is 0 Å². The number of alkyl halides is 1. The highest BCUT2D eigenvalue weighted by molar-refractivity contribution is 7.89. The van der Waals surface area contributed by atoms with Crippen LogP contribution in [0, 0.1) is 0 Å². The number of hydrogen-bond donors (Lipinski definition) is 0. The van der Waals surface area contributed by atoms with E-state index in [2.05, 4.69) is 0 Å². The molecule has 0 spiro atoms. The Bertz CT molecular complexity index is 404. The maximum absolute atomic E-state index is 12.2. The van der Waals surface area contributed by atoms with Crippen LogP contribution in [-0.2, 0) is 10.0 Å². The molecular weight excluding hydrogens is 302 g/mol. The van der Waals surface area contributed by atoms with E-state index < -0.39 is 10.0 Å². The highest BCUT2D eigenvalue weighted by Crippen LogP contribution is 2.11. The van der Waals surface area contributed by atoms with Crippen molar-refractivity contribution >= 4 is 27.7 Å². The standard InChI is InChI=1S/C12H24ClN3O3S/c1-3-14(4-2)12(17)15-7-9-16(10-8-15)20(18,19)11-5-6-13/h3-11H2,1-2H3. The van der Waals surface area contributed by atoms with E-state index in [1.807, 2.05) is 13.8 Å². The van der Waals surface area contributed by atoms with Gasteiger partial charge in [0.2, 0.25) is 10.0 Å². The Balaban J connectivity index is 2.53. The number of piperazine rings is 1. The summed E-state index contributed by atoms with van der Waals surface area (Å²) in [5.74, 6) is 0.431. The molecule has 0 aromatic carbocycles. The molecule has 0 saturated carbocycles. The van der Waals surface area contributed by atoms with Crippen LogP contribution in [0.15, 0.2) is 0 Å². The number of hydrogen-bond acceptors (Lipinski definition) is 3. The third-order valence-corrected chi connectivity index (χ3v) is 5.70. The molecule has 1 aliphatic rings. The number of amides is 2. The van der Waals surface area contributed by atoms with E-state index in [1.165, 1.54) is 4.31 Å². The fourth-order valence-corrected chi connectivity index (χ4v) is 4.00. The van der Waals surface area contributed by atoms with E-state index >= 15 is 0 Å². The van der Waals surface area contributed by atoms with Crippen LogP contribution in [0.3, 0.4) is 0 Å². The van der Waals surface area contributed by atoms with Crippen LogP contribution < -0.4 is 0 Å². The van der Waals surface area contributed by atoms with E-state index in [-0.39, 0.29) is 11.8 Å². The van der Waals surface area contributed by atoms with E-state index in [0.717, 1.165) is 0 Å². The fraction of sp³-hybridized carbons (Fsp3) is 0.917. The van der Waals surface area contributed by atoms with Crippen LogP contribution in [-0.4, -0.2) is 79.5 Å². The molecule has 0 aliphatic carbocycles. The predicted molar refractivity (Wildman–Crippen MR) is 80.6 cm³/mol. The number of urea groups is 1. The van der Waals surface area contributed by atoms with Crippen molar-refractivity contribution in [2.75, 3.05) is 50.9 Å². The minimum absolute atomic E-state index is 0.00666. The average Bonchev–Trinajstić information content (AvgIpc) is 2.46. The van der Waals surface area contributed by atoms with Gasteiger partial charge in [0.15, 0.2) is 0 Å². The number of rotatable bonds is 6. The molecule has 0 bridgehead atoms. The summed E-state index contributed by atoms with van der Waals surface area (Å²) >= 11 is 5.54. The minimum atomic E-state index is -3.23.